The van der Waals surface area contributed by atoms with Crippen molar-refractivity contribution in [2.45, 2.75) is 10.6 Å². The lowest BCUT2D eigenvalue weighted by atomic mass is 10.0. The number of carbonyl (C=O) groups excluding carboxylic acids is 1. The molecule has 1 aliphatic rings. The summed E-state index contributed by atoms with van der Waals surface area (Å²) < 4.78 is 27.1. The highest BCUT2D eigenvalue weighted by molar-refractivity contribution is 7.94. The van der Waals surface area contributed by atoms with Crippen molar-refractivity contribution in [3.05, 3.63) is 47.3 Å². The van der Waals surface area contributed by atoms with Crippen LogP contribution in [0, 0.1) is 5.92 Å². The Morgan fingerprint density at radius 1 is 1.21 bits per heavy atom. The van der Waals surface area contributed by atoms with Gasteiger partial charge in [-0.05, 0) is 29.1 Å². The minimum Gasteiger partial charge on any atom is -0.355 e. The Hall–Kier alpha value is -1.90. The van der Waals surface area contributed by atoms with E-state index in [4.69, 9.17) is 0 Å². The van der Waals surface area contributed by atoms with E-state index >= 15 is 0 Å². The molecule has 0 spiro atoms. The molecule has 0 saturated carbocycles. The van der Waals surface area contributed by atoms with Crippen LogP contribution < -0.4 is 15.4 Å². The minimum absolute atomic E-state index is 0.0196. The van der Waals surface area contributed by atoms with E-state index in [1.165, 1.54) is 11.3 Å². The lowest BCUT2D eigenvalue weighted by molar-refractivity contribution is -0.120. The largest absolute Gasteiger partial charge is 0.355 e. The van der Waals surface area contributed by atoms with E-state index in [1.807, 2.05) is 0 Å². The van der Waals surface area contributed by atoms with Crippen molar-refractivity contribution in [1.29, 1.82) is 0 Å². The van der Waals surface area contributed by atoms with Gasteiger partial charge >= 0.3 is 0 Å². The van der Waals surface area contributed by atoms with Crippen LogP contribution in [0.2, 0.25) is 0 Å². The number of nitrogens with one attached hydrogen (secondary N) is 3. The number of rotatable bonds is 7. The number of benzene rings is 1. The summed E-state index contributed by atoms with van der Waals surface area (Å²) in [5, 5.41) is 7.80. The number of hydrogen-bond donors (Lipinski definition) is 3. The van der Waals surface area contributed by atoms with Crippen molar-refractivity contribution in [3.8, 4) is 0 Å². The molecule has 0 bridgehead atoms. The maximum atomic E-state index is 12.1. The molecule has 1 saturated heterocycles. The summed E-state index contributed by atoms with van der Waals surface area (Å²) in [5.74, 6) is 0.511. The van der Waals surface area contributed by atoms with Crippen LogP contribution in [-0.4, -0.2) is 34.0 Å². The second-order valence-corrected chi connectivity index (χ2v) is 8.60. The van der Waals surface area contributed by atoms with Crippen molar-refractivity contribution in [2.24, 2.45) is 5.92 Å². The van der Waals surface area contributed by atoms with Gasteiger partial charge < -0.3 is 10.6 Å². The van der Waals surface area contributed by atoms with Gasteiger partial charge in [0.25, 0.3) is 10.0 Å². The predicted octanol–water partition coefficient (Wildman–Crippen LogP) is 1.43. The lowest BCUT2D eigenvalue weighted by Gasteiger charge is -2.27. The first-order chi connectivity index (χ1) is 11.5. The minimum atomic E-state index is -3.54. The summed E-state index contributed by atoms with van der Waals surface area (Å²) >= 11 is 1.17. The summed E-state index contributed by atoms with van der Waals surface area (Å²) in [5.41, 5.74) is 1.33. The monoisotopic (exact) mass is 365 g/mol. The quantitative estimate of drug-likeness (QED) is 0.693. The van der Waals surface area contributed by atoms with Gasteiger partial charge in [-0.2, -0.15) is 0 Å². The first-order valence-electron chi connectivity index (χ1n) is 7.65. The standard InChI is InChI=1S/C16H19N3O3S2/c20-15(18-11-13-9-17-10-13)8-12-3-5-14(6-4-12)19-24(21,22)16-2-1-7-23-16/h1-7,13,17,19H,8-11H2,(H,18,20). The first kappa shape index (κ1) is 16.9. The van der Waals surface area contributed by atoms with E-state index in [0.29, 0.717) is 18.2 Å². The van der Waals surface area contributed by atoms with Crippen LogP contribution in [0.1, 0.15) is 5.56 Å². The Labute approximate surface area is 145 Å². The summed E-state index contributed by atoms with van der Waals surface area (Å²) in [6.45, 7) is 2.61. The Balaban J connectivity index is 1.54. The molecule has 8 heteroatoms. The van der Waals surface area contributed by atoms with E-state index < -0.39 is 10.0 Å². The Morgan fingerprint density at radius 3 is 2.54 bits per heavy atom. The predicted molar refractivity (Wildman–Crippen MR) is 94.6 cm³/mol. The molecule has 2 aromatic rings. The van der Waals surface area contributed by atoms with Crippen LogP contribution >= 0.6 is 11.3 Å². The van der Waals surface area contributed by atoms with Gasteiger partial charge in [0.2, 0.25) is 5.91 Å². The van der Waals surface area contributed by atoms with E-state index in [2.05, 4.69) is 15.4 Å². The number of hydrogen-bond acceptors (Lipinski definition) is 5. The molecule has 6 nitrogen and oxygen atoms in total. The fraction of sp³-hybridized carbons (Fsp3) is 0.312. The van der Waals surface area contributed by atoms with Crippen LogP contribution in [0.3, 0.4) is 0 Å². The average molecular weight is 365 g/mol. The van der Waals surface area contributed by atoms with Gasteiger partial charge in [0.15, 0.2) is 0 Å². The second-order valence-electron chi connectivity index (χ2n) is 5.74. The normalized spacial score (nSPS) is 14.8. The van der Waals surface area contributed by atoms with Gasteiger partial charge in [0, 0.05) is 31.2 Å². The SMILES string of the molecule is O=C(Cc1ccc(NS(=O)(=O)c2cccs2)cc1)NCC1CNC1. The maximum absolute atomic E-state index is 12.1. The molecule has 2 heterocycles. The zero-order valence-corrected chi connectivity index (χ0v) is 14.6. The van der Waals surface area contributed by atoms with Gasteiger partial charge in [-0.3, -0.25) is 9.52 Å². The van der Waals surface area contributed by atoms with Gasteiger partial charge in [-0.1, -0.05) is 18.2 Å². The highest BCUT2D eigenvalue weighted by Crippen LogP contribution is 2.20. The number of carbonyl (C=O) groups is 1. The number of thiophene rings is 1. The second kappa shape index (κ2) is 7.33. The summed E-state index contributed by atoms with van der Waals surface area (Å²) in [6, 6.07) is 10.1. The maximum Gasteiger partial charge on any atom is 0.271 e. The smallest absolute Gasteiger partial charge is 0.271 e. The molecule has 0 atom stereocenters. The van der Waals surface area contributed by atoms with Crippen molar-refractivity contribution in [2.75, 3.05) is 24.4 Å². The van der Waals surface area contributed by atoms with Gasteiger partial charge in [-0.25, -0.2) is 8.42 Å². The molecule has 3 N–H and O–H groups in total. The highest BCUT2D eigenvalue weighted by atomic mass is 32.2. The fourth-order valence-corrected chi connectivity index (χ4v) is 4.36. The number of sulfonamides is 1. The van der Waals surface area contributed by atoms with Gasteiger partial charge in [0.1, 0.15) is 4.21 Å². The third-order valence-electron chi connectivity index (χ3n) is 3.78. The zero-order valence-electron chi connectivity index (χ0n) is 13.0. The molecular weight excluding hydrogens is 346 g/mol. The van der Waals surface area contributed by atoms with Crippen molar-refractivity contribution >= 4 is 33.0 Å². The molecule has 0 aliphatic carbocycles. The summed E-state index contributed by atoms with van der Waals surface area (Å²) in [7, 11) is -3.54. The number of anilines is 1. The molecule has 3 rings (SSSR count). The third kappa shape index (κ3) is 4.34. The molecule has 1 amide bonds. The number of amides is 1. The molecule has 128 valence electrons. The van der Waals surface area contributed by atoms with Crippen LogP contribution in [0.25, 0.3) is 0 Å². The van der Waals surface area contributed by atoms with Crippen LogP contribution in [0.15, 0.2) is 46.0 Å². The average Bonchev–Trinajstić information content (AvgIpc) is 3.02. The van der Waals surface area contributed by atoms with E-state index in [0.717, 1.165) is 18.7 Å². The van der Waals surface area contributed by atoms with Crippen molar-refractivity contribution in [3.63, 3.8) is 0 Å². The topological polar surface area (TPSA) is 87.3 Å². The molecule has 24 heavy (non-hydrogen) atoms. The van der Waals surface area contributed by atoms with Crippen LogP contribution in [0.5, 0.6) is 0 Å². The highest BCUT2D eigenvalue weighted by Gasteiger charge is 2.17. The fourth-order valence-electron chi connectivity index (χ4n) is 2.31. The van der Waals surface area contributed by atoms with Gasteiger partial charge in [0.05, 0.1) is 6.42 Å². The third-order valence-corrected chi connectivity index (χ3v) is 6.56. The Bertz CT molecular complexity index is 782. The Morgan fingerprint density at radius 2 is 1.96 bits per heavy atom. The van der Waals surface area contributed by atoms with Crippen molar-refractivity contribution in [1.82, 2.24) is 10.6 Å². The van der Waals surface area contributed by atoms with Crippen molar-refractivity contribution < 1.29 is 13.2 Å². The first-order valence-corrected chi connectivity index (χ1v) is 10.0. The van der Waals surface area contributed by atoms with Gasteiger partial charge in [-0.15, -0.1) is 11.3 Å². The molecule has 0 unspecified atom stereocenters. The summed E-state index contributed by atoms with van der Waals surface area (Å²) in [6.07, 6.45) is 0.290. The summed E-state index contributed by atoms with van der Waals surface area (Å²) in [4.78, 5) is 11.9. The zero-order chi connectivity index (χ0) is 17.0. The molecule has 1 fully saturated rings. The van der Waals surface area contributed by atoms with Crippen LogP contribution in [0.4, 0.5) is 5.69 Å². The Kier molecular flexibility index (Phi) is 5.17. The lowest BCUT2D eigenvalue weighted by Crippen LogP contribution is -2.48. The molecule has 1 aliphatic heterocycles. The van der Waals surface area contributed by atoms with E-state index in [-0.39, 0.29) is 16.5 Å². The van der Waals surface area contributed by atoms with E-state index in [1.54, 1.807) is 41.8 Å². The molecule has 0 radical (unpaired) electrons. The molecular formula is C16H19N3O3S2. The molecule has 1 aromatic heterocycles. The van der Waals surface area contributed by atoms with E-state index in [9.17, 15) is 13.2 Å². The van der Waals surface area contributed by atoms with Crippen LogP contribution in [-0.2, 0) is 21.2 Å². The molecule has 1 aromatic carbocycles.